The molecule has 1 aromatic heterocycles. The molecule has 23 heavy (non-hydrogen) atoms. The maximum Gasteiger partial charge on any atom is 0.257 e. The van der Waals surface area contributed by atoms with Crippen LogP contribution in [0.4, 0.5) is 8.78 Å². The molecule has 0 aliphatic heterocycles. The Morgan fingerprint density at radius 2 is 2.22 bits per heavy atom. The van der Waals surface area contributed by atoms with Crippen molar-refractivity contribution in [3.8, 4) is 0 Å². The molecule has 1 amide bonds. The number of carbonyl (C=O) groups excluding carboxylic acids is 2. The second-order valence-electron chi connectivity index (χ2n) is 5.68. The van der Waals surface area contributed by atoms with Crippen LogP contribution in [0.5, 0.6) is 0 Å². The van der Waals surface area contributed by atoms with E-state index in [9.17, 15) is 18.4 Å². The predicted octanol–water partition coefficient (Wildman–Crippen LogP) is 2.90. The molecule has 0 radical (unpaired) electrons. The average Bonchev–Trinajstić information content (AvgIpc) is 2.96. The zero-order valence-corrected chi connectivity index (χ0v) is 13.9. The topological polar surface area (TPSA) is 64.0 Å². The van der Waals surface area contributed by atoms with Crippen molar-refractivity contribution in [2.24, 2.45) is 0 Å². The van der Waals surface area contributed by atoms with Gasteiger partial charge in [-0.2, -0.15) is 5.10 Å². The number of halogens is 3. The molecule has 2 unspecified atom stereocenters. The highest BCUT2D eigenvalue weighted by molar-refractivity contribution is 6.17. The number of rotatable bonds is 7. The van der Waals surface area contributed by atoms with Crippen molar-refractivity contribution in [1.29, 1.82) is 0 Å². The Bertz CT molecular complexity index is 604. The molecule has 5 nitrogen and oxygen atoms in total. The van der Waals surface area contributed by atoms with Gasteiger partial charge in [0.15, 0.2) is 0 Å². The van der Waals surface area contributed by atoms with Gasteiger partial charge < -0.3 is 5.32 Å². The monoisotopic (exact) mass is 347 g/mol. The fraction of sp³-hybridized carbons (Fsp3) is 0.667. The third-order valence-corrected chi connectivity index (χ3v) is 4.29. The summed E-state index contributed by atoms with van der Waals surface area (Å²) in [4.78, 5) is 24.1. The van der Waals surface area contributed by atoms with Crippen molar-refractivity contribution < 1.29 is 18.4 Å². The summed E-state index contributed by atoms with van der Waals surface area (Å²) in [5, 5.41) is 6.69. The lowest BCUT2D eigenvalue weighted by Crippen LogP contribution is -2.26. The van der Waals surface area contributed by atoms with E-state index in [2.05, 4.69) is 10.4 Å². The van der Waals surface area contributed by atoms with Crippen LogP contribution in [0.25, 0.3) is 0 Å². The van der Waals surface area contributed by atoms with E-state index in [1.165, 1.54) is 13.1 Å². The Morgan fingerprint density at radius 3 is 2.70 bits per heavy atom. The molecule has 0 saturated heterocycles. The molecule has 0 aromatic carbocycles. The summed E-state index contributed by atoms with van der Waals surface area (Å²) in [6, 6.07) is 1.47. The molecule has 0 spiro atoms. The van der Waals surface area contributed by atoms with Crippen LogP contribution in [0.3, 0.4) is 0 Å². The molecule has 1 aromatic rings. The third kappa shape index (κ3) is 3.71. The number of likely N-dealkylation sites (N-methyl/N-ethyl adjacent to an activating group) is 1. The summed E-state index contributed by atoms with van der Waals surface area (Å²) in [5.74, 6) is -4.69. The lowest BCUT2D eigenvalue weighted by atomic mass is 10.0. The number of amides is 1. The first-order valence-corrected chi connectivity index (χ1v) is 8.17. The van der Waals surface area contributed by atoms with Gasteiger partial charge in [-0.1, -0.05) is 6.92 Å². The summed E-state index contributed by atoms with van der Waals surface area (Å²) >= 11 is 5.58. The molecule has 1 fully saturated rings. The fourth-order valence-corrected chi connectivity index (χ4v) is 2.73. The van der Waals surface area contributed by atoms with Crippen LogP contribution in [-0.2, 0) is 4.79 Å². The van der Waals surface area contributed by atoms with Crippen LogP contribution in [0.1, 0.15) is 60.6 Å². The van der Waals surface area contributed by atoms with Gasteiger partial charge >= 0.3 is 0 Å². The molecule has 0 bridgehead atoms. The van der Waals surface area contributed by atoms with Crippen LogP contribution in [0, 0.1) is 0 Å². The van der Waals surface area contributed by atoms with E-state index in [1.54, 1.807) is 6.92 Å². The molecule has 2 atom stereocenters. The highest BCUT2D eigenvalue weighted by atomic mass is 35.5. The van der Waals surface area contributed by atoms with Gasteiger partial charge in [-0.25, -0.2) is 13.5 Å². The van der Waals surface area contributed by atoms with Crippen LogP contribution in [0.2, 0.25) is 0 Å². The first-order chi connectivity index (χ1) is 10.9. The maximum absolute atomic E-state index is 13.4. The molecule has 1 aliphatic rings. The van der Waals surface area contributed by atoms with Crippen molar-refractivity contribution in [2.75, 3.05) is 12.9 Å². The molecule has 1 heterocycles. The van der Waals surface area contributed by atoms with Gasteiger partial charge in [0.05, 0.1) is 23.2 Å². The average molecular weight is 348 g/mol. The zero-order chi connectivity index (χ0) is 17.2. The molecule has 8 heteroatoms. The number of hydrogen-bond acceptors (Lipinski definition) is 3. The maximum atomic E-state index is 13.4. The minimum absolute atomic E-state index is 0.132. The molecule has 128 valence electrons. The van der Waals surface area contributed by atoms with Crippen LogP contribution >= 0.6 is 11.6 Å². The van der Waals surface area contributed by atoms with Gasteiger partial charge in [-0.05, 0) is 18.9 Å². The standard InChI is InChI=1S/C15H20ClF2N3O2/c1-3-9(14(23)19-2)11-7-12(10-8-15(10,17)18)21(20-11)13(22)5-4-6-16/h7,9-10H,3-6,8H2,1-2H3,(H,19,23). The number of alkyl halides is 3. The van der Waals surface area contributed by atoms with Crippen LogP contribution < -0.4 is 5.32 Å². The third-order valence-electron chi connectivity index (χ3n) is 4.03. The summed E-state index contributed by atoms with van der Waals surface area (Å²) < 4.78 is 27.9. The Morgan fingerprint density at radius 1 is 1.57 bits per heavy atom. The minimum Gasteiger partial charge on any atom is -0.359 e. The van der Waals surface area contributed by atoms with Crippen molar-refractivity contribution in [1.82, 2.24) is 15.1 Å². The highest BCUT2D eigenvalue weighted by Gasteiger charge is 2.59. The van der Waals surface area contributed by atoms with Gasteiger partial charge in [-0.15, -0.1) is 11.6 Å². The second kappa shape index (κ2) is 6.95. The second-order valence-corrected chi connectivity index (χ2v) is 6.06. The lowest BCUT2D eigenvalue weighted by molar-refractivity contribution is -0.122. The molecular formula is C15H20ClF2N3O2. The zero-order valence-electron chi connectivity index (χ0n) is 13.1. The van der Waals surface area contributed by atoms with Crippen LogP contribution in [-0.4, -0.2) is 40.4 Å². The van der Waals surface area contributed by atoms with E-state index in [4.69, 9.17) is 11.6 Å². The van der Waals surface area contributed by atoms with E-state index in [0.29, 0.717) is 24.4 Å². The van der Waals surface area contributed by atoms with E-state index in [0.717, 1.165) is 4.68 Å². The Labute approximate surface area is 138 Å². The molecular weight excluding hydrogens is 328 g/mol. The summed E-state index contributed by atoms with van der Waals surface area (Å²) in [6.45, 7) is 1.81. The van der Waals surface area contributed by atoms with Crippen LogP contribution in [0.15, 0.2) is 6.07 Å². The Kier molecular flexibility index (Phi) is 5.39. The molecule has 1 N–H and O–H groups in total. The molecule has 1 saturated carbocycles. The Balaban J connectivity index is 2.35. The van der Waals surface area contributed by atoms with Crippen molar-refractivity contribution in [2.45, 2.75) is 50.4 Å². The van der Waals surface area contributed by atoms with Crippen molar-refractivity contribution in [3.05, 3.63) is 17.5 Å². The van der Waals surface area contributed by atoms with Gasteiger partial charge in [0, 0.05) is 25.8 Å². The quantitative estimate of drug-likeness (QED) is 0.771. The van der Waals surface area contributed by atoms with Gasteiger partial charge in [-0.3, -0.25) is 9.59 Å². The number of hydrogen-bond donors (Lipinski definition) is 1. The van der Waals surface area contributed by atoms with Gasteiger partial charge in [0.2, 0.25) is 11.8 Å². The lowest BCUT2D eigenvalue weighted by Gasteiger charge is -2.09. The number of aromatic nitrogens is 2. The SMILES string of the molecule is CCC(C(=O)NC)c1cc(C2CC2(F)F)n(C(=O)CCCCl)n1. The summed E-state index contributed by atoms with van der Waals surface area (Å²) in [5.41, 5.74) is 0.538. The predicted molar refractivity (Wildman–Crippen MR) is 82.2 cm³/mol. The summed E-state index contributed by atoms with van der Waals surface area (Å²) in [7, 11) is 1.50. The number of carbonyl (C=O) groups is 2. The highest BCUT2D eigenvalue weighted by Crippen LogP contribution is 2.56. The van der Waals surface area contributed by atoms with Gasteiger partial charge in [0.25, 0.3) is 5.92 Å². The summed E-state index contributed by atoms with van der Waals surface area (Å²) in [6.07, 6.45) is 0.750. The Hall–Kier alpha value is -1.50. The van der Waals surface area contributed by atoms with E-state index < -0.39 is 17.8 Å². The molecule has 2 rings (SSSR count). The first-order valence-electron chi connectivity index (χ1n) is 7.64. The van der Waals surface area contributed by atoms with E-state index in [1.807, 2.05) is 0 Å². The molecule has 1 aliphatic carbocycles. The van der Waals surface area contributed by atoms with E-state index in [-0.39, 0.29) is 30.3 Å². The normalized spacial score (nSPS) is 20.1. The van der Waals surface area contributed by atoms with Gasteiger partial charge in [0.1, 0.15) is 0 Å². The smallest absolute Gasteiger partial charge is 0.257 e. The van der Waals surface area contributed by atoms with E-state index >= 15 is 0 Å². The fourth-order valence-electron chi connectivity index (χ4n) is 2.59. The van der Waals surface area contributed by atoms with Crippen molar-refractivity contribution >= 4 is 23.4 Å². The van der Waals surface area contributed by atoms with Crippen molar-refractivity contribution in [3.63, 3.8) is 0 Å². The largest absolute Gasteiger partial charge is 0.359 e. The minimum atomic E-state index is -2.81. The number of nitrogens with zero attached hydrogens (tertiary/aromatic N) is 2. The first kappa shape index (κ1) is 17.8. The number of nitrogens with one attached hydrogen (secondary N) is 1.